The van der Waals surface area contributed by atoms with Crippen LogP contribution in [0.3, 0.4) is 0 Å². The van der Waals surface area contributed by atoms with Crippen molar-refractivity contribution in [2.24, 2.45) is 0 Å². The molecule has 2 nitrogen and oxygen atoms in total. The second kappa shape index (κ2) is 7.06. The zero-order chi connectivity index (χ0) is 15.5. The van der Waals surface area contributed by atoms with Gasteiger partial charge < -0.3 is 5.32 Å². The van der Waals surface area contributed by atoms with Gasteiger partial charge >= 0.3 is 0 Å². The normalized spacial score (nSPS) is 15.0. The number of benzene rings is 2. The van der Waals surface area contributed by atoms with E-state index in [1.54, 1.807) is 0 Å². The Labute approximate surface area is 145 Å². The van der Waals surface area contributed by atoms with E-state index in [-0.39, 0.29) is 11.5 Å². The summed E-state index contributed by atoms with van der Waals surface area (Å²) < 4.78 is 14.3. The van der Waals surface area contributed by atoms with Crippen LogP contribution in [0.4, 0.5) is 10.1 Å². The van der Waals surface area contributed by atoms with Crippen molar-refractivity contribution in [3.8, 4) is 0 Å². The van der Waals surface area contributed by atoms with Crippen LogP contribution >= 0.6 is 39.5 Å². The highest BCUT2D eigenvalue weighted by Gasteiger charge is 2.19. The number of halogens is 2. The third-order valence-corrected chi connectivity index (χ3v) is 7.01. The van der Waals surface area contributed by atoms with E-state index in [0.717, 1.165) is 17.2 Å². The van der Waals surface area contributed by atoms with Crippen molar-refractivity contribution < 1.29 is 9.18 Å². The fraction of sp³-hybridized carbons (Fsp3) is 0.188. The minimum absolute atomic E-state index is 0.287. The highest BCUT2D eigenvalue weighted by molar-refractivity contribution is 9.10. The summed E-state index contributed by atoms with van der Waals surface area (Å²) in [7, 11) is 0. The fourth-order valence-electron chi connectivity index (χ4n) is 2.18. The van der Waals surface area contributed by atoms with Crippen molar-refractivity contribution >= 4 is 51.0 Å². The van der Waals surface area contributed by atoms with E-state index in [4.69, 9.17) is 0 Å². The number of carbonyl (C=O) groups excluding carboxylic acids is 1. The van der Waals surface area contributed by atoms with Crippen molar-refractivity contribution in [1.29, 1.82) is 0 Å². The predicted molar refractivity (Wildman–Crippen MR) is 96.2 cm³/mol. The molecule has 0 bridgehead atoms. The first-order valence-corrected chi connectivity index (χ1v) is 9.62. The first-order valence-electron chi connectivity index (χ1n) is 6.73. The van der Waals surface area contributed by atoms with E-state index < -0.39 is 5.82 Å². The van der Waals surface area contributed by atoms with Crippen LogP contribution in [0.15, 0.2) is 46.9 Å². The minimum atomic E-state index is -0.430. The molecule has 0 aromatic heterocycles. The smallest absolute Gasteiger partial charge is 0.256 e. The molecule has 0 radical (unpaired) electrons. The van der Waals surface area contributed by atoms with Gasteiger partial charge in [-0.25, -0.2) is 4.39 Å². The Kier molecular flexibility index (Phi) is 5.10. The lowest BCUT2D eigenvalue weighted by atomic mass is 10.2. The Bertz CT molecular complexity index is 704. The summed E-state index contributed by atoms with van der Waals surface area (Å²) in [5, 5.41) is 2.84. The summed E-state index contributed by atoms with van der Waals surface area (Å²) in [6, 6.07) is 11.9. The Balaban J connectivity index is 1.79. The Morgan fingerprint density at radius 3 is 2.73 bits per heavy atom. The fourth-order valence-corrected chi connectivity index (χ4v) is 5.45. The van der Waals surface area contributed by atoms with Crippen LogP contribution in [-0.2, 0) is 0 Å². The van der Waals surface area contributed by atoms with Gasteiger partial charge in [-0.2, -0.15) is 0 Å². The van der Waals surface area contributed by atoms with E-state index in [1.165, 1.54) is 23.8 Å². The van der Waals surface area contributed by atoms with Gasteiger partial charge in [-0.3, -0.25) is 4.79 Å². The van der Waals surface area contributed by atoms with E-state index in [0.29, 0.717) is 9.05 Å². The van der Waals surface area contributed by atoms with Gasteiger partial charge in [0.15, 0.2) is 0 Å². The lowest BCUT2D eigenvalue weighted by Gasteiger charge is -2.11. The number of nitrogens with one attached hydrogen (secondary N) is 1. The second-order valence-electron chi connectivity index (χ2n) is 4.78. The first-order chi connectivity index (χ1) is 10.6. The SMILES string of the molecule is O=C(Nc1cccc(C2SCCS2)c1)c1cc(F)ccc1Br. The summed E-state index contributed by atoms with van der Waals surface area (Å²) in [6.07, 6.45) is 0. The van der Waals surface area contributed by atoms with E-state index in [9.17, 15) is 9.18 Å². The number of hydrogen-bond donors (Lipinski definition) is 1. The Morgan fingerprint density at radius 1 is 1.18 bits per heavy atom. The molecule has 6 heteroatoms. The largest absolute Gasteiger partial charge is 0.322 e. The van der Waals surface area contributed by atoms with Gasteiger partial charge in [-0.15, -0.1) is 23.5 Å². The van der Waals surface area contributed by atoms with Crippen molar-refractivity contribution in [3.05, 3.63) is 63.9 Å². The van der Waals surface area contributed by atoms with E-state index in [2.05, 4.69) is 27.3 Å². The third-order valence-electron chi connectivity index (χ3n) is 3.21. The van der Waals surface area contributed by atoms with Gasteiger partial charge in [-0.1, -0.05) is 12.1 Å². The van der Waals surface area contributed by atoms with Gasteiger partial charge in [0.1, 0.15) is 5.82 Å². The molecule has 22 heavy (non-hydrogen) atoms. The summed E-state index contributed by atoms with van der Waals surface area (Å²) in [4.78, 5) is 12.3. The van der Waals surface area contributed by atoms with E-state index >= 15 is 0 Å². The second-order valence-corrected chi connectivity index (χ2v) is 8.36. The van der Waals surface area contributed by atoms with Crippen LogP contribution < -0.4 is 5.32 Å². The summed E-state index contributed by atoms with van der Waals surface area (Å²) in [5.74, 6) is 1.56. The van der Waals surface area contributed by atoms with Gasteiger partial charge in [0.25, 0.3) is 5.91 Å². The molecule has 0 spiro atoms. The van der Waals surface area contributed by atoms with Crippen LogP contribution in [0.5, 0.6) is 0 Å². The topological polar surface area (TPSA) is 29.1 Å². The molecular formula is C16H13BrFNOS2. The first kappa shape index (κ1) is 15.9. The van der Waals surface area contributed by atoms with Crippen LogP contribution in [0, 0.1) is 5.82 Å². The molecule has 1 aliphatic rings. The molecule has 1 N–H and O–H groups in total. The molecule has 0 atom stereocenters. The monoisotopic (exact) mass is 397 g/mol. The molecule has 2 aromatic rings. The molecule has 114 valence electrons. The molecule has 2 aromatic carbocycles. The van der Waals surface area contributed by atoms with Crippen LogP contribution in [0.2, 0.25) is 0 Å². The highest BCUT2D eigenvalue weighted by atomic mass is 79.9. The van der Waals surface area contributed by atoms with Crippen molar-refractivity contribution in [3.63, 3.8) is 0 Å². The molecule has 1 heterocycles. The number of anilines is 1. The molecular weight excluding hydrogens is 385 g/mol. The van der Waals surface area contributed by atoms with Gasteiger partial charge in [0.2, 0.25) is 0 Å². The molecule has 1 fully saturated rings. The van der Waals surface area contributed by atoms with Crippen molar-refractivity contribution in [2.75, 3.05) is 16.8 Å². The van der Waals surface area contributed by atoms with E-state index in [1.807, 2.05) is 41.7 Å². The number of amides is 1. The number of hydrogen-bond acceptors (Lipinski definition) is 3. The summed E-state index contributed by atoms with van der Waals surface area (Å²) >= 11 is 7.11. The molecule has 1 saturated heterocycles. The predicted octanol–water partition coefficient (Wildman–Crippen LogP) is 5.32. The lowest BCUT2D eigenvalue weighted by molar-refractivity contribution is 0.102. The third kappa shape index (κ3) is 3.67. The molecule has 0 aliphatic carbocycles. The summed E-state index contributed by atoms with van der Waals surface area (Å²) in [6.45, 7) is 0. The molecule has 3 rings (SSSR count). The van der Waals surface area contributed by atoms with Gasteiger partial charge in [-0.05, 0) is 51.8 Å². The zero-order valence-electron chi connectivity index (χ0n) is 11.5. The lowest BCUT2D eigenvalue weighted by Crippen LogP contribution is -2.13. The van der Waals surface area contributed by atoms with Gasteiger partial charge in [0, 0.05) is 21.7 Å². The highest BCUT2D eigenvalue weighted by Crippen LogP contribution is 2.45. The molecule has 1 amide bonds. The quantitative estimate of drug-likeness (QED) is 0.759. The maximum atomic E-state index is 13.3. The van der Waals surface area contributed by atoms with Crippen LogP contribution in [0.1, 0.15) is 20.5 Å². The number of carbonyl (C=O) groups is 1. The zero-order valence-corrected chi connectivity index (χ0v) is 14.7. The Hall–Kier alpha value is -0.980. The van der Waals surface area contributed by atoms with Gasteiger partial charge in [0.05, 0.1) is 10.1 Å². The van der Waals surface area contributed by atoms with Crippen LogP contribution in [0.25, 0.3) is 0 Å². The van der Waals surface area contributed by atoms with Crippen LogP contribution in [-0.4, -0.2) is 17.4 Å². The maximum absolute atomic E-state index is 13.3. The average Bonchev–Trinajstić information content (AvgIpc) is 3.04. The average molecular weight is 398 g/mol. The number of thioether (sulfide) groups is 2. The standard InChI is InChI=1S/C16H13BrFNOS2/c17-14-5-4-11(18)9-13(14)15(20)19-12-3-1-2-10(8-12)16-21-6-7-22-16/h1-5,8-9,16H,6-7H2,(H,19,20). The molecule has 0 unspecified atom stereocenters. The van der Waals surface area contributed by atoms with Crippen molar-refractivity contribution in [2.45, 2.75) is 4.58 Å². The number of rotatable bonds is 3. The molecule has 0 saturated carbocycles. The van der Waals surface area contributed by atoms with Crippen molar-refractivity contribution in [1.82, 2.24) is 0 Å². The maximum Gasteiger partial charge on any atom is 0.256 e. The Morgan fingerprint density at radius 2 is 1.95 bits per heavy atom. The molecule has 1 aliphatic heterocycles. The minimum Gasteiger partial charge on any atom is -0.322 e. The summed E-state index contributed by atoms with van der Waals surface area (Å²) in [5.41, 5.74) is 2.21.